The van der Waals surface area contributed by atoms with Crippen LogP contribution < -0.4 is 5.32 Å². The number of alkyl halides is 3. The predicted molar refractivity (Wildman–Crippen MR) is 37.7 cm³/mol. The van der Waals surface area contributed by atoms with Gasteiger partial charge >= 0.3 is 6.18 Å². The number of nitrogens with one attached hydrogen (secondary N) is 1. The van der Waals surface area contributed by atoms with Crippen molar-refractivity contribution in [3.8, 4) is 0 Å². The van der Waals surface area contributed by atoms with Crippen LogP contribution in [0.3, 0.4) is 0 Å². The summed E-state index contributed by atoms with van der Waals surface area (Å²) in [5.74, 6) is -0.0106. The third-order valence-corrected chi connectivity index (χ3v) is 2.17. The van der Waals surface area contributed by atoms with Gasteiger partial charge in [-0.15, -0.1) is 0 Å². The molecule has 0 aromatic rings. The van der Waals surface area contributed by atoms with Crippen LogP contribution in [0.5, 0.6) is 0 Å². The average molecular weight is 183 g/mol. The smallest absolute Gasteiger partial charge is 0.396 e. The minimum Gasteiger partial charge on any atom is -0.396 e. The molecular formula is C7H12F3NO. The maximum atomic E-state index is 12.0. The number of aliphatic hydroxyl groups excluding tert-OH is 1. The molecule has 5 heteroatoms. The number of halogens is 3. The molecule has 2 nitrogen and oxygen atoms in total. The van der Waals surface area contributed by atoms with Crippen molar-refractivity contribution in [2.45, 2.75) is 25.1 Å². The molecule has 1 heterocycles. The first-order valence-corrected chi connectivity index (χ1v) is 3.95. The van der Waals surface area contributed by atoms with E-state index < -0.39 is 12.2 Å². The van der Waals surface area contributed by atoms with E-state index in [-0.39, 0.29) is 25.5 Å². The van der Waals surface area contributed by atoms with E-state index in [0.717, 1.165) is 0 Å². The van der Waals surface area contributed by atoms with Crippen LogP contribution in [0.2, 0.25) is 0 Å². The second kappa shape index (κ2) is 3.62. The maximum Gasteiger partial charge on any atom is 0.403 e. The van der Waals surface area contributed by atoms with Crippen LogP contribution in [0.4, 0.5) is 13.2 Å². The molecule has 2 atom stereocenters. The fraction of sp³-hybridized carbons (Fsp3) is 1.00. The largest absolute Gasteiger partial charge is 0.403 e. The van der Waals surface area contributed by atoms with E-state index in [1.807, 2.05) is 0 Å². The first-order chi connectivity index (χ1) is 5.54. The van der Waals surface area contributed by atoms with Gasteiger partial charge in [0.05, 0.1) is 0 Å². The van der Waals surface area contributed by atoms with Gasteiger partial charge < -0.3 is 10.4 Å². The van der Waals surface area contributed by atoms with Crippen LogP contribution >= 0.6 is 0 Å². The van der Waals surface area contributed by atoms with E-state index in [0.29, 0.717) is 6.42 Å². The highest BCUT2D eigenvalue weighted by Gasteiger charge is 2.41. The van der Waals surface area contributed by atoms with E-state index in [1.54, 1.807) is 0 Å². The summed E-state index contributed by atoms with van der Waals surface area (Å²) in [5, 5.41) is 11.0. The predicted octanol–water partition coefficient (Wildman–Crippen LogP) is 0.909. The molecule has 0 amide bonds. The lowest BCUT2D eigenvalue weighted by molar-refractivity contribution is -0.162. The zero-order valence-corrected chi connectivity index (χ0v) is 6.56. The monoisotopic (exact) mass is 183 g/mol. The fourth-order valence-electron chi connectivity index (χ4n) is 1.35. The van der Waals surface area contributed by atoms with Crippen molar-refractivity contribution < 1.29 is 18.3 Å². The molecule has 1 saturated heterocycles. The molecule has 1 aliphatic rings. The van der Waals surface area contributed by atoms with Crippen molar-refractivity contribution in [3.05, 3.63) is 0 Å². The fourth-order valence-corrected chi connectivity index (χ4v) is 1.35. The molecule has 2 N–H and O–H groups in total. The summed E-state index contributed by atoms with van der Waals surface area (Å²) in [6, 6.07) is -1.37. The minimum absolute atomic E-state index is 0.0106. The van der Waals surface area contributed by atoms with Crippen molar-refractivity contribution in [1.82, 2.24) is 5.32 Å². The molecule has 0 aromatic carbocycles. The third-order valence-electron chi connectivity index (χ3n) is 2.17. The Morgan fingerprint density at radius 2 is 2.00 bits per heavy atom. The average Bonchev–Trinajstić information content (AvgIpc) is 2.03. The summed E-state index contributed by atoms with van der Waals surface area (Å²) in [7, 11) is 0. The Kier molecular flexibility index (Phi) is 2.95. The molecule has 72 valence electrons. The molecular weight excluding hydrogens is 171 g/mol. The second-order valence-electron chi connectivity index (χ2n) is 3.13. The van der Waals surface area contributed by atoms with E-state index >= 15 is 0 Å². The Hall–Kier alpha value is -0.290. The molecule has 1 fully saturated rings. The summed E-state index contributed by atoms with van der Waals surface area (Å²) in [6.45, 7) is 0.234. The van der Waals surface area contributed by atoms with Crippen LogP contribution in [0.15, 0.2) is 0 Å². The SMILES string of the molecule is OC[C@H]1CC[C@@H](C(F)(F)F)NC1. The lowest BCUT2D eigenvalue weighted by Crippen LogP contribution is -2.48. The van der Waals surface area contributed by atoms with Gasteiger partial charge in [-0.05, 0) is 18.8 Å². The lowest BCUT2D eigenvalue weighted by atomic mass is 9.95. The van der Waals surface area contributed by atoms with Crippen molar-refractivity contribution in [1.29, 1.82) is 0 Å². The van der Waals surface area contributed by atoms with Crippen LogP contribution in [0, 0.1) is 5.92 Å². The topological polar surface area (TPSA) is 32.3 Å². The van der Waals surface area contributed by atoms with Crippen LogP contribution in [-0.2, 0) is 0 Å². The Labute approximate surface area is 68.8 Å². The Bertz CT molecular complexity index is 140. The van der Waals surface area contributed by atoms with Crippen molar-refractivity contribution in [2.24, 2.45) is 5.92 Å². The van der Waals surface area contributed by atoms with Crippen molar-refractivity contribution in [3.63, 3.8) is 0 Å². The van der Waals surface area contributed by atoms with Crippen LogP contribution in [0.25, 0.3) is 0 Å². The molecule has 0 spiro atoms. The first kappa shape index (κ1) is 9.80. The second-order valence-corrected chi connectivity index (χ2v) is 3.13. The van der Waals surface area contributed by atoms with Crippen molar-refractivity contribution in [2.75, 3.05) is 13.2 Å². The van der Waals surface area contributed by atoms with Crippen LogP contribution in [0.1, 0.15) is 12.8 Å². The van der Waals surface area contributed by atoms with E-state index in [4.69, 9.17) is 5.11 Å². The number of hydrogen-bond acceptors (Lipinski definition) is 2. The van der Waals surface area contributed by atoms with E-state index in [9.17, 15) is 13.2 Å². The molecule has 0 aliphatic carbocycles. The standard InChI is InChI=1S/C7H12F3NO/c8-7(9,10)6-2-1-5(4-12)3-11-6/h5-6,11-12H,1-4H2/t5-,6-/m0/s1. The molecule has 0 radical (unpaired) electrons. The Morgan fingerprint density at radius 3 is 2.33 bits per heavy atom. The van der Waals surface area contributed by atoms with Gasteiger partial charge in [0.2, 0.25) is 0 Å². The minimum atomic E-state index is -4.14. The summed E-state index contributed by atoms with van der Waals surface area (Å²) >= 11 is 0. The molecule has 0 unspecified atom stereocenters. The van der Waals surface area contributed by atoms with Gasteiger partial charge in [-0.2, -0.15) is 13.2 Å². The Balaban J connectivity index is 2.36. The van der Waals surface area contributed by atoms with Crippen molar-refractivity contribution >= 4 is 0 Å². The normalized spacial score (nSPS) is 32.0. The van der Waals surface area contributed by atoms with Gasteiger partial charge in [0.15, 0.2) is 0 Å². The van der Waals surface area contributed by atoms with Crippen LogP contribution in [-0.4, -0.2) is 30.5 Å². The maximum absolute atomic E-state index is 12.0. The van der Waals surface area contributed by atoms with Gasteiger partial charge in [0.1, 0.15) is 6.04 Å². The highest BCUT2D eigenvalue weighted by Crippen LogP contribution is 2.27. The van der Waals surface area contributed by atoms with Gasteiger partial charge in [-0.3, -0.25) is 0 Å². The summed E-state index contributed by atoms with van der Waals surface area (Å²) in [5.41, 5.74) is 0. The highest BCUT2D eigenvalue weighted by atomic mass is 19.4. The molecule has 1 aliphatic heterocycles. The molecule has 0 bridgehead atoms. The molecule has 0 saturated carbocycles. The van der Waals surface area contributed by atoms with Gasteiger partial charge in [-0.25, -0.2) is 0 Å². The number of aliphatic hydroxyl groups is 1. The summed E-state index contributed by atoms with van der Waals surface area (Å²) < 4.78 is 36.1. The Morgan fingerprint density at radius 1 is 1.33 bits per heavy atom. The zero-order valence-electron chi connectivity index (χ0n) is 6.56. The quantitative estimate of drug-likeness (QED) is 0.633. The number of rotatable bonds is 1. The molecule has 1 rings (SSSR count). The van der Waals surface area contributed by atoms with E-state index in [1.165, 1.54) is 0 Å². The summed E-state index contributed by atoms with van der Waals surface area (Å²) in [6.07, 6.45) is -3.61. The third kappa shape index (κ3) is 2.35. The van der Waals surface area contributed by atoms with Gasteiger partial charge in [0.25, 0.3) is 0 Å². The molecule has 12 heavy (non-hydrogen) atoms. The zero-order chi connectivity index (χ0) is 9.19. The lowest BCUT2D eigenvalue weighted by Gasteiger charge is -2.30. The number of hydrogen-bond donors (Lipinski definition) is 2. The summed E-state index contributed by atoms with van der Waals surface area (Å²) in [4.78, 5) is 0. The van der Waals surface area contributed by atoms with Gasteiger partial charge in [0, 0.05) is 13.2 Å². The van der Waals surface area contributed by atoms with Gasteiger partial charge in [-0.1, -0.05) is 0 Å². The highest BCUT2D eigenvalue weighted by molar-refractivity contribution is 4.82. The first-order valence-electron chi connectivity index (χ1n) is 3.95. The molecule has 0 aromatic heterocycles. The number of piperidine rings is 1. The van der Waals surface area contributed by atoms with E-state index in [2.05, 4.69) is 5.32 Å².